The zero-order chi connectivity index (χ0) is 22.0. The van der Waals surface area contributed by atoms with Gasteiger partial charge in [0.15, 0.2) is 0 Å². The quantitative estimate of drug-likeness (QED) is 0.298. The van der Waals surface area contributed by atoms with E-state index in [0.29, 0.717) is 12.2 Å². The number of hydrogen-bond acceptors (Lipinski definition) is 6. The molecule has 0 fully saturated rings. The van der Waals surface area contributed by atoms with E-state index >= 15 is 0 Å². The largest absolute Gasteiger partial charge is 0.480 e. The molecule has 0 heterocycles. The zero-order valence-corrected chi connectivity index (χ0v) is 18.3. The number of carbonyl (C=O) groups excluding carboxylic acids is 3. The van der Waals surface area contributed by atoms with Crippen molar-refractivity contribution in [2.24, 2.45) is 17.6 Å². The number of thioether (sulfide) groups is 1. The highest BCUT2D eigenvalue weighted by Gasteiger charge is 2.32. The molecule has 0 saturated carbocycles. The van der Waals surface area contributed by atoms with Gasteiger partial charge in [-0.05, 0) is 37.2 Å². The fourth-order valence-electron chi connectivity index (χ4n) is 2.35. The van der Waals surface area contributed by atoms with Crippen LogP contribution in [0.4, 0.5) is 0 Å². The number of nitrogens with two attached hydrogens (primary N) is 1. The highest BCUT2D eigenvalue weighted by Crippen LogP contribution is 2.08. The Bertz CT molecular complexity index is 554. The Kier molecular flexibility index (Phi) is 11.8. The summed E-state index contributed by atoms with van der Waals surface area (Å²) in [7, 11) is 0. The predicted molar refractivity (Wildman–Crippen MR) is 110 cm³/mol. The van der Waals surface area contributed by atoms with Crippen LogP contribution < -0.4 is 21.7 Å². The van der Waals surface area contributed by atoms with Crippen molar-refractivity contribution in [1.29, 1.82) is 0 Å². The van der Waals surface area contributed by atoms with Crippen LogP contribution in [0.15, 0.2) is 0 Å². The standard InChI is InChI=1S/C18H34N4O5S/c1-9(2)13(17(25)22-14(10(3)4)18(26)27)21-16(24)12(7-8-28-6)20-15(23)11(5)19/h9-14H,7-8,19H2,1-6H3,(H,20,23)(H,21,24)(H,22,25)(H,26,27). The Morgan fingerprint density at radius 1 is 0.857 bits per heavy atom. The van der Waals surface area contributed by atoms with Crippen molar-refractivity contribution in [2.45, 2.75) is 65.2 Å². The molecule has 0 aromatic heterocycles. The summed E-state index contributed by atoms with van der Waals surface area (Å²) in [5.74, 6) is -2.65. The normalized spacial score (nSPS) is 15.5. The van der Waals surface area contributed by atoms with Crippen molar-refractivity contribution in [3.05, 3.63) is 0 Å². The molecular formula is C18H34N4O5S. The van der Waals surface area contributed by atoms with E-state index in [1.54, 1.807) is 27.7 Å². The van der Waals surface area contributed by atoms with E-state index in [0.717, 1.165) is 0 Å². The van der Waals surface area contributed by atoms with Gasteiger partial charge < -0.3 is 26.8 Å². The topological polar surface area (TPSA) is 151 Å². The maximum atomic E-state index is 12.7. The van der Waals surface area contributed by atoms with Crippen LogP contribution >= 0.6 is 11.8 Å². The van der Waals surface area contributed by atoms with Gasteiger partial charge in [0.1, 0.15) is 18.1 Å². The molecule has 4 unspecified atom stereocenters. The van der Waals surface area contributed by atoms with Gasteiger partial charge in [-0.25, -0.2) is 4.79 Å². The second-order valence-electron chi connectivity index (χ2n) is 7.43. The Balaban J connectivity index is 5.29. The second-order valence-corrected chi connectivity index (χ2v) is 8.42. The third-order valence-electron chi connectivity index (χ3n) is 4.13. The first kappa shape index (κ1) is 26.2. The minimum Gasteiger partial charge on any atom is -0.480 e. The molecule has 0 aliphatic heterocycles. The lowest BCUT2D eigenvalue weighted by molar-refractivity contribution is -0.143. The molecule has 0 saturated heterocycles. The molecule has 3 amide bonds. The summed E-state index contributed by atoms with van der Waals surface area (Å²) in [4.78, 5) is 48.6. The maximum Gasteiger partial charge on any atom is 0.326 e. The van der Waals surface area contributed by atoms with Crippen LogP contribution in [-0.4, -0.2) is 65.0 Å². The maximum absolute atomic E-state index is 12.7. The number of amides is 3. The van der Waals surface area contributed by atoms with Crippen molar-refractivity contribution < 1.29 is 24.3 Å². The lowest BCUT2D eigenvalue weighted by atomic mass is 9.99. The number of rotatable bonds is 12. The molecule has 10 heteroatoms. The zero-order valence-electron chi connectivity index (χ0n) is 17.4. The number of carbonyl (C=O) groups is 4. The van der Waals surface area contributed by atoms with E-state index in [1.807, 2.05) is 6.26 Å². The van der Waals surface area contributed by atoms with Crippen LogP contribution in [0.5, 0.6) is 0 Å². The van der Waals surface area contributed by atoms with Gasteiger partial charge in [-0.1, -0.05) is 27.7 Å². The third-order valence-corrected chi connectivity index (χ3v) is 4.78. The number of hydrogen-bond donors (Lipinski definition) is 5. The van der Waals surface area contributed by atoms with Gasteiger partial charge in [-0.2, -0.15) is 11.8 Å². The van der Waals surface area contributed by atoms with Gasteiger partial charge in [-0.3, -0.25) is 14.4 Å². The van der Waals surface area contributed by atoms with Gasteiger partial charge in [0.25, 0.3) is 0 Å². The molecule has 0 radical (unpaired) electrons. The van der Waals surface area contributed by atoms with Crippen molar-refractivity contribution in [1.82, 2.24) is 16.0 Å². The Morgan fingerprint density at radius 3 is 1.75 bits per heavy atom. The lowest BCUT2D eigenvalue weighted by Gasteiger charge is -2.27. The summed E-state index contributed by atoms with van der Waals surface area (Å²) in [5.41, 5.74) is 5.55. The summed E-state index contributed by atoms with van der Waals surface area (Å²) in [6.45, 7) is 8.37. The van der Waals surface area contributed by atoms with Crippen molar-refractivity contribution >= 4 is 35.5 Å². The highest BCUT2D eigenvalue weighted by atomic mass is 32.2. The summed E-state index contributed by atoms with van der Waals surface area (Å²) in [5, 5.41) is 17.0. The molecule has 0 spiro atoms. The van der Waals surface area contributed by atoms with Crippen LogP contribution in [0.2, 0.25) is 0 Å². The number of nitrogens with one attached hydrogen (secondary N) is 3. The van der Waals surface area contributed by atoms with Crippen molar-refractivity contribution in [2.75, 3.05) is 12.0 Å². The molecule has 0 bridgehead atoms. The summed E-state index contributed by atoms with van der Waals surface area (Å²) < 4.78 is 0. The molecule has 0 aliphatic rings. The van der Waals surface area contributed by atoms with Gasteiger partial charge in [0.05, 0.1) is 6.04 Å². The number of carboxylic acid groups (broad SMARTS) is 1. The predicted octanol–water partition coefficient (Wildman–Crippen LogP) is -0.0623. The van der Waals surface area contributed by atoms with E-state index < -0.39 is 47.9 Å². The minimum atomic E-state index is -1.14. The molecule has 6 N–H and O–H groups in total. The van der Waals surface area contributed by atoms with Gasteiger partial charge in [0.2, 0.25) is 17.7 Å². The third kappa shape index (κ3) is 8.92. The Morgan fingerprint density at radius 2 is 1.36 bits per heavy atom. The second kappa shape index (κ2) is 12.6. The van der Waals surface area contributed by atoms with Crippen molar-refractivity contribution in [3.8, 4) is 0 Å². The summed E-state index contributed by atoms with van der Waals surface area (Å²) >= 11 is 1.52. The van der Waals surface area contributed by atoms with E-state index in [9.17, 15) is 24.3 Å². The number of carboxylic acids is 1. The molecule has 4 atom stereocenters. The van der Waals surface area contributed by atoms with E-state index in [4.69, 9.17) is 5.73 Å². The van der Waals surface area contributed by atoms with Crippen LogP contribution in [-0.2, 0) is 19.2 Å². The van der Waals surface area contributed by atoms with Gasteiger partial charge in [-0.15, -0.1) is 0 Å². The van der Waals surface area contributed by atoms with Crippen LogP contribution in [0.25, 0.3) is 0 Å². The molecule has 0 aliphatic carbocycles. The van der Waals surface area contributed by atoms with Gasteiger partial charge >= 0.3 is 5.97 Å². The average molecular weight is 419 g/mol. The van der Waals surface area contributed by atoms with Crippen LogP contribution in [0.1, 0.15) is 41.0 Å². The fourth-order valence-corrected chi connectivity index (χ4v) is 2.82. The lowest BCUT2D eigenvalue weighted by Crippen LogP contribution is -2.58. The smallest absolute Gasteiger partial charge is 0.326 e. The highest BCUT2D eigenvalue weighted by molar-refractivity contribution is 7.98. The fraction of sp³-hybridized carbons (Fsp3) is 0.778. The molecule has 9 nitrogen and oxygen atoms in total. The summed E-state index contributed by atoms with van der Waals surface area (Å²) in [6, 6.07) is -3.59. The van der Waals surface area contributed by atoms with E-state index in [2.05, 4.69) is 16.0 Å². The molecule has 0 aromatic rings. The minimum absolute atomic E-state index is 0.282. The Labute approximate surface area is 170 Å². The van der Waals surface area contributed by atoms with Crippen LogP contribution in [0.3, 0.4) is 0 Å². The molecule has 162 valence electrons. The SMILES string of the molecule is CSCCC(NC(=O)C(C)N)C(=O)NC(C(=O)NC(C(=O)O)C(C)C)C(C)C. The average Bonchev–Trinajstić information content (AvgIpc) is 2.59. The first-order valence-electron chi connectivity index (χ1n) is 9.30. The van der Waals surface area contributed by atoms with Crippen molar-refractivity contribution in [3.63, 3.8) is 0 Å². The molecule has 28 heavy (non-hydrogen) atoms. The monoisotopic (exact) mass is 418 g/mol. The van der Waals surface area contributed by atoms with E-state index in [1.165, 1.54) is 18.7 Å². The molecule has 0 rings (SSSR count). The first-order chi connectivity index (χ1) is 12.9. The molecular weight excluding hydrogens is 384 g/mol. The van der Waals surface area contributed by atoms with Crippen LogP contribution in [0, 0.1) is 11.8 Å². The first-order valence-corrected chi connectivity index (χ1v) is 10.7. The van der Waals surface area contributed by atoms with Gasteiger partial charge in [0, 0.05) is 0 Å². The molecule has 0 aromatic carbocycles. The number of aliphatic carboxylic acids is 1. The summed E-state index contributed by atoms with van der Waals surface area (Å²) in [6.07, 6.45) is 2.26. The Hall–Kier alpha value is -1.81. The van der Waals surface area contributed by atoms with E-state index in [-0.39, 0.29) is 11.8 Å².